The molecule has 4 rings (SSSR count). The van der Waals surface area contributed by atoms with E-state index in [2.05, 4.69) is 16.8 Å². The van der Waals surface area contributed by atoms with E-state index in [0.29, 0.717) is 32.2 Å². The maximum Gasteiger partial charge on any atom is 0.418 e. The molecule has 0 unspecified atom stereocenters. The van der Waals surface area contributed by atoms with Gasteiger partial charge in [-0.3, -0.25) is 28.9 Å². The highest BCUT2D eigenvalue weighted by Crippen LogP contribution is 2.38. The highest BCUT2D eigenvalue weighted by atomic mass is 35.5. The highest BCUT2D eigenvalue weighted by Gasteiger charge is 2.37. The van der Waals surface area contributed by atoms with Gasteiger partial charge in [0.05, 0.1) is 42.0 Å². The average Bonchev–Trinajstić information content (AvgIpc) is 3.11. The topological polar surface area (TPSA) is 232 Å². The molecule has 0 saturated carbocycles. The monoisotopic (exact) mass is 795 g/mol. The lowest BCUT2D eigenvalue weighted by molar-refractivity contribution is -0.143. The predicted molar refractivity (Wildman–Crippen MR) is 188 cm³/mol. The van der Waals surface area contributed by atoms with Crippen molar-refractivity contribution in [2.45, 2.75) is 82.5 Å². The number of nitrogen functional groups attached to an aromatic ring is 1. The summed E-state index contributed by atoms with van der Waals surface area (Å²) in [5.41, 5.74) is 4.08. The number of rotatable bonds is 11. The molecule has 20 heteroatoms. The third-order valence-electron chi connectivity index (χ3n) is 8.98. The van der Waals surface area contributed by atoms with Gasteiger partial charge in [-0.15, -0.1) is 0 Å². The number of aliphatic carboxylic acids is 4. The molecule has 3 saturated heterocycles. The Morgan fingerprint density at radius 3 is 1.70 bits per heavy atom. The van der Waals surface area contributed by atoms with Crippen molar-refractivity contribution in [2.75, 3.05) is 65.1 Å². The summed E-state index contributed by atoms with van der Waals surface area (Å²) in [6, 6.07) is 2.57. The highest BCUT2D eigenvalue weighted by molar-refractivity contribution is 6.33. The third kappa shape index (κ3) is 16.3. The van der Waals surface area contributed by atoms with Crippen molar-refractivity contribution in [3.63, 3.8) is 0 Å². The van der Waals surface area contributed by atoms with E-state index in [-0.39, 0.29) is 42.7 Å². The number of anilines is 1. The lowest BCUT2D eigenvalue weighted by atomic mass is 9.99. The van der Waals surface area contributed by atoms with Gasteiger partial charge in [0.15, 0.2) is 6.10 Å². The first-order valence-electron chi connectivity index (χ1n) is 17.5. The van der Waals surface area contributed by atoms with Crippen LogP contribution in [0.15, 0.2) is 12.1 Å². The molecule has 2 amide bonds. The summed E-state index contributed by atoms with van der Waals surface area (Å²) in [6.07, 6.45) is -3.69. The Morgan fingerprint density at radius 2 is 1.26 bits per heavy atom. The summed E-state index contributed by atoms with van der Waals surface area (Å²) in [6.45, 7) is 6.07. The second kappa shape index (κ2) is 22.1. The van der Waals surface area contributed by atoms with Crippen LogP contribution in [0.25, 0.3) is 0 Å². The second-order valence-corrected chi connectivity index (χ2v) is 13.5. The van der Waals surface area contributed by atoms with Gasteiger partial charge in [-0.1, -0.05) is 11.6 Å². The zero-order chi connectivity index (χ0) is 40.6. The molecule has 3 fully saturated rings. The summed E-state index contributed by atoms with van der Waals surface area (Å²) in [5, 5.41) is 31.3. The minimum atomic E-state index is -4.71. The fourth-order valence-corrected chi connectivity index (χ4v) is 6.20. The molecule has 6 N–H and O–H groups in total. The molecule has 0 spiro atoms. The molecule has 0 radical (unpaired) electrons. The Hall–Kier alpha value is -4.36. The minimum absolute atomic E-state index is 0.133. The average molecular weight is 796 g/mol. The predicted octanol–water partition coefficient (Wildman–Crippen LogP) is 3.58. The van der Waals surface area contributed by atoms with E-state index >= 15 is 0 Å². The number of piperidine rings is 2. The van der Waals surface area contributed by atoms with Crippen LogP contribution in [0.1, 0.15) is 68.9 Å². The standard InChI is InChI=1S/C26H37ClF3N5O3.2C4H6O4/c1-32-11-13-33(14-12-32)19-5-9-34(10-6-19)24(36)22(38-25(37)35-7-3-2-4-8-35)17-18-15-20(26(28,29)30)23(31)21(27)16-18;2*5-3(6)1-2-4(7)8/h15-16,19,22H,2-14,17,31H2,1H3;2*1-2H2,(H,5,6)(H,7,8)/t22-;;/m1../s1. The van der Waals surface area contributed by atoms with Crippen molar-refractivity contribution >= 4 is 53.2 Å². The molecule has 54 heavy (non-hydrogen) atoms. The Balaban J connectivity index is 0.000000526. The Morgan fingerprint density at radius 1 is 0.778 bits per heavy atom. The van der Waals surface area contributed by atoms with Crippen molar-refractivity contribution < 1.29 is 67.1 Å². The SMILES string of the molecule is CN1CCN(C2CCN(C(=O)[C@@H](Cc3cc(Cl)c(N)c(C(F)(F)F)c3)OC(=O)N3CCCCC3)CC2)CC1.O=C(O)CCC(=O)O.O=C(O)CCC(=O)O. The quantitative estimate of drug-likeness (QED) is 0.202. The van der Waals surface area contributed by atoms with Gasteiger partial charge in [0, 0.05) is 64.8 Å². The molecule has 16 nitrogen and oxygen atoms in total. The third-order valence-corrected chi connectivity index (χ3v) is 9.30. The Labute approximate surface area is 315 Å². The molecule has 1 atom stereocenters. The molecule has 3 aliphatic rings. The van der Waals surface area contributed by atoms with Crippen LogP contribution < -0.4 is 5.73 Å². The van der Waals surface area contributed by atoms with Crippen LogP contribution in [-0.4, -0.2) is 147 Å². The van der Waals surface area contributed by atoms with E-state index < -0.39 is 59.4 Å². The van der Waals surface area contributed by atoms with E-state index in [9.17, 15) is 41.9 Å². The van der Waals surface area contributed by atoms with Crippen LogP contribution in [0, 0.1) is 0 Å². The number of ether oxygens (including phenoxy) is 1. The van der Waals surface area contributed by atoms with Crippen LogP contribution in [-0.2, 0) is 41.3 Å². The van der Waals surface area contributed by atoms with Crippen LogP contribution in [0.2, 0.25) is 5.02 Å². The van der Waals surface area contributed by atoms with Crippen molar-refractivity contribution in [1.82, 2.24) is 19.6 Å². The Kier molecular flexibility index (Phi) is 18.8. The van der Waals surface area contributed by atoms with Gasteiger partial charge in [0.25, 0.3) is 5.91 Å². The lowest BCUT2D eigenvalue weighted by Gasteiger charge is -2.42. The van der Waals surface area contributed by atoms with Crippen molar-refractivity contribution in [2.24, 2.45) is 0 Å². The summed E-state index contributed by atoms with van der Waals surface area (Å²) in [5.74, 6) is -4.70. The lowest BCUT2D eigenvalue weighted by Crippen LogP contribution is -2.54. The van der Waals surface area contributed by atoms with E-state index in [1.54, 1.807) is 9.80 Å². The number of halogens is 4. The van der Waals surface area contributed by atoms with E-state index in [0.717, 1.165) is 64.3 Å². The van der Waals surface area contributed by atoms with E-state index in [4.69, 9.17) is 42.5 Å². The van der Waals surface area contributed by atoms with E-state index in [1.807, 2.05) is 0 Å². The molecule has 0 aromatic heterocycles. The number of hydrogen-bond acceptors (Lipinski definition) is 10. The Bertz CT molecular complexity index is 1390. The number of nitrogens with two attached hydrogens (primary N) is 1. The maximum atomic E-state index is 13.6. The van der Waals surface area contributed by atoms with Gasteiger partial charge < -0.3 is 45.6 Å². The van der Waals surface area contributed by atoms with Crippen LogP contribution >= 0.6 is 11.6 Å². The normalized spacial score (nSPS) is 17.6. The van der Waals surface area contributed by atoms with Gasteiger partial charge in [-0.05, 0) is 56.8 Å². The fourth-order valence-electron chi connectivity index (χ4n) is 5.96. The largest absolute Gasteiger partial charge is 0.481 e. The van der Waals surface area contributed by atoms with Gasteiger partial charge in [-0.25, -0.2) is 4.79 Å². The summed E-state index contributed by atoms with van der Waals surface area (Å²) in [7, 11) is 2.11. The van der Waals surface area contributed by atoms with Gasteiger partial charge in [0.2, 0.25) is 0 Å². The van der Waals surface area contributed by atoms with Crippen LogP contribution in [0.3, 0.4) is 0 Å². The van der Waals surface area contributed by atoms with Crippen LogP contribution in [0.5, 0.6) is 0 Å². The number of likely N-dealkylation sites (tertiary alicyclic amines) is 2. The van der Waals surface area contributed by atoms with Crippen molar-refractivity contribution in [3.8, 4) is 0 Å². The molecule has 0 aliphatic carbocycles. The fraction of sp³-hybridized carbons (Fsp3) is 0.647. The maximum absolute atomic E-state index is 13.6. The number of alkyl halides is 3. The number of carboxylic acid groups (broad SMARTS) is 4. The molecule has 1 aromatic rings. The molecule has 0 bridgehead atoms. The van der Waals surface area contributed by atoms with Gasteiger partial charge in [0.1, 0.15) is 0 Å². The zero-order valence-electron chi connectivity index (χ0n) is 30.1. The van der Waals surface area contributed by atoms with E-state index in [1.165, 1.54) is 6.07 Å². The smallest absolute Gasteiger partial charge is 0.418 e. The number of piperazine rings is 1. The number of carboxylic acids is 4. The first-order chi connectivity index (χ1) is 25.3. The number of carbonyl (C=O) groups is 6. The van der Waals surface area contributed by atoms with Crippen molar-refractivity contribution in [3.05, 3.63) is 28.3 Å². The minimum Gasteiger partial charge on any atom is -0.481 e. The van der Waals surface area contributed by atoms with Gasteiger partial charge >= 0.3 is 36.1 Å². The molecule has 304 valence electrons. The molecular formula is C34H49ClF3N5O11. The first kappa shape index (κ1) is 45.8. The summed E-state index contributed by atoms with van der Waals surface area (Å²) < 4.78 is 46.3. The zero-order valence-corrected chi connectivity index (χ0v) is 30.8. The summed E-state index contributed by atoms with van der Waals surface area (Å²) >= 11 is 6.02. The number of carbonyl (C=O) groups excluding carboxylic acids is 2. The first-order valence-corrected chi connectivity index (χ1v) is 17.8. The summed E-state index contributed by atoms with van der Waals surface area (Å²) in [4.78, 5) is 73.1. The number of likely N-dealkylation sites (N-methyl/N-ethyl adjacent to an activating group) is 1. The second-order valence-electron chi connectivity index (χ2n) is 13.1. The number of nitrogens with zero attached hydrogens (tertiary/aromatic N) is 4. The molecule has 3 heterocycles. The molecular weight excluding hydrogens is 747 g/mol. The molecule has 1 aromatic carbocycles. The number of amides is 2. The van der Waals surface area contributed by atoms with Crippen LogP contribution in [0.4, 0.5) is 23.7 Å². The molecule has 3 aliphatic heterocycles. The number of benzene rings is 1. The van der Waals surface area contributed by atoms with Crippen molar-refractivity contribution in [1.29, 1.82) is 0 Å². The number of hydrogen-bond donors (Lipinski definition) is 5. The van der Waals surface area contributed by atoms with Gasteiger partial charge in [-0.2, -0.15) is 13.2 Å².